The summed E-state index contributed by atoms with van der Waals surface area (Å²) >= 11 is 0. The maximum absolute atomic E-state index is 10.5. The third kappa shape index (κ3) is 2.24. The Morgan fingerprint density at radius 3 is 2.45 bits per heavy atom. The minimum absolute atomic E-state index is 0.0671. The molecule has 0 aliphatic rings. The number of aromatic nitrogens is 1. The van der Waals surface area contributed by atoms with Crippen LogP contribution < -0.4 is 21.2 Å². The van der Waals surface area contributed by atoms with E-state index in [0.29, 0.717) is 10.4 Å². The fraction of sp³-hybridized carbons (Fsp3) is 0.0556. The van der Waals surface area contributed by atoms with E-state index in [9.17, 15) is 5.11 Å². The summed E-state index contributed by atoms with van der Waals surface area (Å²) in [5, 5.41) is 23.7. The Morgan fingerprint density at radius 2 is 1.73 bits per heavy atom. The third-order valence-electron chi connectivity index (χ3n) is 3.74. The van der Waals surface area contributed by atoms with Crippen molar-refractivity contribution in [1.29, 1.82) is 5.41 Å². The Labute approximate surface area is 127 Å². The first-order chi connectivity index (χ1) is 10.6. The molecule has 0 unspecified atom stereocenters. The van der Waals surface area contributed by atoms with E-state index in [-0.39, 0.29) is 11.4 Å². The molecule has 110 valence electrons. The van der Waals surface area contributed by atoms with Gasteiger partial charge in [0.2, 0.25) is 5.88 Å². The van der Waals surface area contributed by atoms with Crippen LogP contribution in [0.15, 0.2) is 54.6 Å². The third-order valence-corrected chi connectivity index (χ3v) is 3.74. The number of pyridine rings is 1. The molecular weight excluding hydrogens is 274 g/mol. The zero-order valence-corrected chi connectivity index (χ0v) is 12.3. The molecule has 4 heteroatoms. The summed E-state index contributed by atoms with van der Waals surface area (Å²) in [4.78, 5) is 0. The summed E-state index contributed by atoms with van der Waals surface area (Å²) in [7, 11) is 1.81. The van der Waals surface area contributed by atoms with E-state index in [1.165, 1.54) is 0 Å². The van der Waals surface area contributed by atoms with Gasteiger partial charge in [0.1, 0.15) is 5.49 Å². The van der Waals surface area contributed by atoms with E-state index in [2.05, 4.69) is 11.9 Å². The standard InChI is InChI=1S/C18H17N3O/c1-12-14-10-6-7-11-15(14)21(2)17(19)16(12)18(22)20-13-8-4-3-5-9-13/h3-11,19-20,22H,1H2,2H3. The van der Waals surface area contributed by atoms with Crippen molar-refractivity contribution >= 4 is 29.1 Å². The van der Waals surface area contributed by atoms with Gasteiger partial charge >= 0.3 is 0 Å². The number of hydrogen-bond acceptors (Lipinski definition) is 3. The van der Waals surface area contributed by atoms with Crippen molar-refractivity contribution in [1.82, 2.24) is 4.57 Å². The minimum Gasteiger partial charge on any atom is -0.494 e. The van der Waals surface area contributed by atoms with E-state index in [4.69, 9.17) is 5.41 Å². The molecule has 2 aromatic carbocycles. The van der Waals surface area contributed by atoms with Crippen molar-refractivity contribution in [3.05, 3.63) is 70.5 Å². The number of aryl methyl sites for hydroxylation is 1. The Bertz CT molecular complexity index is 1000. The second kappa shape index (κ2) is 5.41. The number of para-hydroxylation sites is 2. The number of nitrogens with zero attached hydrogens (tertiary/aromatic N) is 1. The first kappa shape index (κ1) is 13.9. The molecule has 1 heterocycles. The van der Waals surface area contributed by atoms with Gasteiger partial charge in [-0.3, -0.25) is 5.41 Å². The van der Waals surface area contributed by atoms with Crippen LogP contribution in [0.2, 0.25) is 0 Å². The number of aliphatic hydroxyl groups excluding tert-OH is 1. The van der Waals surface area contributed by atoms with Gasteiger partial charge in [-0.25, -0.2) is 0 Å². The smallest absolute Gasteiger partial charge is 0.200 e. The molecule has 0 radical (unpaired) electrons. The lowest BCUT2D eigenvalue weighted by Gasteiger charge is -2.10. The number of aliphatic hydroxyl groups is 1. The summed E-state index contributed by atoms with van der Waals surface area (Å²) in [6.07, 6.45) is 0. The van der Waals surface area contributed by atoms with E-state index < -0.39 is 0 Å². The Kier molecular flexibility index (Phi) is 3.43. The SMILES string of the molecule is C=c1c(=C(O)Nc2ccccc2)c(=N)n(C)c2ccccc12. The molecule has 0 saturated carbocycles. The molecule has 0 atom stereocenters. The van der Waals surface area contributed by atoms with Crippen molar-refractivity contribution in [2.45, 2.75) is 0 Å². The van der Waals surface area contributed by atoms with Gasteiger partial charge in [0.25, 0.3) is 0 Å². The summed E-state index contributed by atoms with van der Waals surface area (Å²) in [6, 6.07) is 17.1. The molecule has 3 rings (SSSR count). The molecule has 0 saturated heterocycles. The van der Waals surface area contributed by atoms with Crippen LogP contribution in [-0.2, 0) is 7.05 Å². The molecule has 0 fully saturated rings. The highest BCUT2D eigenvalue weighted by Gasteiger charge is 2.06. The van der Waals surface area contributed by atoms with Crippen molar-refractivity contribution in [2.24, 2.45) is 7.05 Å². The van der Waals surface area contributed by atoms with Crippen LogP contribution in [0.1, 0.15) is 0 Å². The molecule has 0 aliphatic carbocycles. The van der Waals surface area contributed by atoms with E-state index in [1.54, 1.807) is 4.57 Å². The zero-order chi connectivity index (χ0) is 15.7. The van der Waals surface area contributed by atoms with Crippen LogP contribution in [0.3, 0.4) is 0 Å². The van der Waals surface area contributed by atoms with Gasteiger partial charge in [-0.1, -0.05) is 43.0 Å². The molecule has 0 amide bonds. The zero-order valence-electron chi connectivity index (χ0n) is 12.3. The molecule has 0 bridgehead atoms. The number of benzene rings is 2. The van der Waals surface area contributed by atoms with Gasteiger partial charge in [-0.05, 0) is 23.4 Å². The fourth-order valence-electron chi connectivity index (χ4n) is 2.56. The molecule has 4 nitrogen and oxygen atoms in total. The van der Waals surface area contributed by atoms with E-state index in [0.717, 1.165) is 16.6 Å². The molecule has 0 spiro atoms. The molecule has 3 aromatic rings. The molecule has 0 aliphatic heterocycles. The van der Waals surface area contributed by atoms with Gasteiger partial charge in [-0.15, -0.1) is 0 Å². The molecule has 22 heavy (non-hydrogen) atoms. The highest BCUT2D eigenvalue weighted by Crippen LogP contribution is 2.07. The number of hydrogen-bond donors (Lipinski definition) is 3. The second-order valence-electron chi connectivity index (χ2n) is 5.12. The fourth-order valence-corrected chi connectivity index (χ4v) is 2.56. The largest absolute Gasteiger partial charge is 0.494 e. The van der Waals surface area contributed by atoms with E-state index in [1.807, 2.05) is 61.6 Å². The van der Waals surface area contributed by atoms with Crippen molar-refractivity contribution in [3.8, 4) is 0 Å². The Balaban J connectivity index is 2.33. The maximum Gasteiger partial charge on any atom is 0.200 e. The lowest BCUT2D eigenvalue weighted by molar-refractivity contribution is 0.500. The van der Waals surface area contributed by atoms with Crippen LogP contribution in [0, 0.1) is 5.41 Å². The van der Waals surface area contributed by atoms with Gasteiger partial charge in [0.15, 0.2) is 0 Å². The summed E-state index contributed by atoms with van der Waals surface area (Å²) < 4.78 is 1.74. The Morgan fingerprint density at radius 1 is 1.09 bits per heavy atom. The van der Waals surface area contributed by atoms with Crippen LogP contribution in [0.25, 0.3) is 23.4 Å². The second-order valence-corrected chi connectivity index (χ2v) is 5.12. The minimum atomic E-state index is -0.0671. The van der Waals surface area contributed by atoms with Crippen LogP contribution in [0.4, 0.5) is 5.69 Å². The summed E-state index contributed by atoms with van der Waals surface area (Å²) in [6.45, 7) is 4.06. The van der Waals surface area contributed by atoms with Crippen LogP contribution >= 0.6 is 0 Å². The lowest BCUT2D eigenvalue weighted by Crippen LogP contribution is -2.46. The summed E-state index contributed by atoms with van der Waals surface area (Å²) in [5.41, 5.74) is 1.88. The average Bonchev–Trinajstić information content (AvgIpc) is 2.54. The molecule has 1 aromatic heterocycles. The highest BCUT2D eigenvalue weighted by molar-refractivity contribution is 5.80. The quantitative estimate of drug-likeness (QED) is 0.674. The van der Waals surface area contributed by atoms with E-state index >= 15 is 0 Å². The predicted molar refractivity (Wildman–Crippen MR) is 89.6 cm³/mol. The van der Waals surface area contributed by atoms with Crippen molar-refractivity contribution in [3.63, 3.8) is 0 Å². The number of anilines is 1. The van der Waals surface area contributed by atoms with Gasteiger partial charge in [0, 0.05) is 23.6 Å². The maximum atomic E-state index is 10.5. The topological polar surface area (TPSA) is 61.0 Å². The van der Waals surface area contributed by atoms with Crippen LogP contribution in [0.5, 0.6) is 0 Å². The molecule has 3 N–H and O–H groups in total. The number of nitrogens with one attached hydrogen (secondary N) is 2. The normalized spacial score (nSPS) is 12.2. The van der Waals surface area contributed by atoms with Gasteiger partial charge < -0.3 is 15.0 Å². The summed E-state index contributed by atoms with van der Waals surface area (Å²) in [5.74, 6) is -0.0671. The Hall–Kier alpha value is -3.01. The van der Waals surface area contributed by atoms with Gasteiger partial charge in [0.05, 0.1) is 5.22 Å². The predicted octanol–water partition coefficient (Wildman–Crippen LogP) is 1.80. The monoisotopic (exact) mass is 291 g/mol. The first-order valence-electron chi connectivity index (χ1n) is 6.96. The first-order valence-corrected chi connectivity index (χ1v) is 6.96. The highest BCUT2D eigenvalue weighted by atomic mass is 16.3. The molecular formula is C18H17N3O. The lowest BCUT2D eigenvalue weighted by atomic mass is 10.1. The number of rotatable bonds is 2. The average molecular weight is 291 g/mol. The van der Waals surface area contributed by atoms with Crippen LogP contribution in [-0.4, -0.2) is 9.67 Å². The van der Waals surface area contributed by atoms with Crippen molar-refractivity contribution < 1.29 is 5.11 Å². The van der Waals surface area contributed by atoms with Gasteiger partial charge in [-0.2, -0.15) is 0 Å². The van der Waals surface area contributed by atoms with Crippen molar-refractivity contribution in [2.75, 3.05) is 5.32 Å². The number of fused-ring (bicyclic) bond motifs is 1.